The monoisotopic (exact) mass is 442 g/mol. The molecule has 6 nitrogen and oxygen atoms in total. The summed E-state index contributed by atoms with van der Waals surface area (Å²) < 4.78 is 32.1. The van der Waals surface area contributed by atoms with Crippen molar-refractivity contribution in [3.05, 3.63) is 58.1 Å². The lowest BCUT2D eigenvalue weighted by Crippen LogP contribution is -2.40. The summed E-state index contributed by atoms with van der Waals surface area (Å²) in [6, 6.07) is 11.5. The second kappa shape index (κ2) is 9.24. The molecule has 1 heterocycles. The van der Waals surface area contributed by atoms with E-state index in [0.717, 1.165) is 5.56 Å². The summed E-state index contributed by atoms with van der Waals surface area (Å²) in [5, 5.41) is 3.62. The van der Waals surface area contributed by atoms with E-state index in [-0.39, 0.29) is 17.2 Å². The normalized spacial score (nSPS) is 15.4. The molecule has 0 aliphatic carbocycles. The quantitative estimate of drug-likeness (QED) is 0.741. The zero-order chi connectivity index (χ0) is 20.1. The number of nitrogens with one attached hydrogen (secondary N) is 1. The van der Waals surface area contributed by atoms with Gasteiger partial charge in [0.25, 0.3) is 0 Å². The maximum atomic E-state index is 12.7. The third-order valence-electron chi connectivity index (χ3n) is 4.38. The van der Waals surface area contributed by atoms with Gasteiger partial charge in [0.05, 0.1) is 28.2 Å². The van der Waals surface area contributed by atoms with Gasteiger partial charge < -0.3 is 10.1 Å². The first-order chi connectivity index (χ1) is 13.4. The van der Waals surface area contributed by atoms with Gasteiger partial charge >= 0.3 is 0 Å². The molecule has 2 aromatic carbocycles. The summed E-state index contributed by atoms with van der Waals surface area (Å²) in [4.78, 5) is 12.4. The van der Waals surface area contributed by atoms with Crippen LogP contribution in [0.15, 0.2) is 47.4 Å². The highest BCUT2D eigenvalue weighted by molar-refractivity contribution is 7.89. The molecule has 0 bridgehead atoms. The molecular weight excluding hydrogens is 423 g/mol. The molecule has 2 aromatic rings. The molecule has 0 unspecified atom stereocenters. The minimum atomic E-state index is -3.62. The number of hydrogen-bond donors (Lipinski definition) is 1. The van der Waals surface area contributed by atoms with Crippen molar-refractivity contribution in [1.82, 2.24) is 4.31 Å². The number of ether oxygens (including phenoxy) is 1. The molecule has 9 heteroatoms. The van der Waals surface area contributed by atoms with Gasteiger partial charge in [0.1, 0.15) is 0 Å². The number of benzene rings is 2. The SMILES string of the molecule is O=C(CCc1cccc(Cl)c1Cl)Nc1cccc(S(=O)(=O)N2CCOCC2)c1. The Morgan fingerprint density at radius 2 is 1.82 bits per heavy atom. The van der Waals surface area contributed by atoms with Crippen molar-refractivity contribution in [1.29, 1.82) is 0 Å². The first-order valence-electron chi connectivity index (χ1n) is 8.78. The number of carbonyl (C=O) groups is 1. The molecule has 0 spiro atoms. The molecule has 1 aliphatic rings. The Morgan fingerprint density at radius 3 is 2.57 bits per heavy atom. The number of anilines is 1. The predicted octanol–water partition coefficient (Wildman–Crippen LogP) is 3.59. The molecule has 28 heavy (non-hydrogen) atoms. The van der Waals surface area contributed by atoms with Gasteiger partial charge in [-0.1, -0.05) is 41.4 Å². The Bertz CT molecular complexity index is 960. The van der Waals surface area contributed by atoms with E-state index in [1.54, 1.807) is 24.3 Å². The molecule has 1 saturated heterocycles. The third kappa shape index (κ3) is 5.04. The fourth-order valence-corrected chi connectivity index (χ4v) is 4.75. The van der Waals surface area contributed by atoms with E-state index in [1.807, 2.05) is 6.07 Å². The smallest absolute Gasteiger partial charge is 0.243 e. The molecule has 150 valence electrons. The van der Waals surface area contributed by atoms with Crippen molar-refractivity contribution in [2.24, 2.45) is 0 Å². The largest absolute Gasteiger partial charge is 0.379 e. The van der Waals surface area contributed by atoms with Crippen LogP contribution in [0.4, 0.5) is 5.69 Å². The van der Waals surface area contributed by atoms with Gasteiger partial charge in [-0.15, -0.1) is 0 Å². The van der Waals surface area contributed by atoms with Crippen molar-refractivity contribution in [2.75, 3.05) is 31.6 Å². The maximum Gasteiger partial charge on any atom is 0.243 e. The fourth-order valence-electron chi connectivity index (χ4n) is 2.88. The first kappa shape index (κ1) is 21.1. The average molecular weight is 443 g/mol. The number of rotatable bonds is 6. The summed E-state index contributed by atoms with van der Waals surface area (Å²) in [7, 11) is -3.62. The van der Waals surface area contributed by atoms with Crippen LogP contribution in [-0.4, -0.2) is 44.9 Å². The van der Waals surface area contributed by atoms with Crippen LogP contribution in [0.5, 0.6) is 0 Å². The van der Waals surface area contributed by atoms with Crippen LogP contribution in [0.1, 0.15) is 12.0 Å². The zero-order valence-electron chi connectivity index (χ0n) is 15.0. The number of hydrogen-bond acceptors (Lipinski definition) is 4. The fraction of sp³-hybridized carbons (Fsp3) is 0.316. The summed E-state index contributed by atoms with van der Waals surface area (Å²) >= 11 is 12.1. The number of halogens is 2. The predicted molar refractivity (Wildman–Crippen MR) is 109 cm³/mol. The highest BCUT2D eigenvalue weighted by Gasteiger charge is 2.26. The average Bonchev–Trinajstić information content (AvgIpc) is 2.70. The van der Waals surface area contributed by atoms with Crippen molar-refractivity contribution in [3.8, 4) is 0 Å². The van der Waals surface area contributed by atoms with Gasteiger partial charge in [-0.05, 0) is 36.2 Å². The van der Waals surface area contributed by atoms with E-state index in [4.69, 9.17) is 27.9 Å². The lowest BCUT2D eigenvalue weighted by atomic mass is 10.1. The standard InChI is InChI=1S/C19H20Cl2N2O4S/c20-17-6-1-3-14(19(17)21)7-8-18(24)22-15-4-2-5-16(13-15)28(25,26)23-9-11-27-12-10-23/h1-6,13H,7-12H2,(H,22,24). The number of nitrogens with zero attached hydrogens (tertiary/aromatic N) is 1. The van der Waals surface area contributed by atoms with Gasteiger partial charge in [0.2, 0.25) is 15.9 Å². The van der Waals surface area contributed by atoms with Gasteiger partial charge in [-0.25, -0.2) is 8.42 Å². The molecule has 1 fully saturated rings. The second-order valence-corrected chi connectivity index (χ2v) is 9.03. The number of carbonyl (C=O) groups excluding carboxylic acids is 1. The van der Waals surface area contributed by atoms with Crippen LogP contribution < -0.4 is 5.32 Å². The molecule has 0 atom stereocenters. The Balaban J connectivity index is 1.65. The lowest BCUT2D eigenvalue weighted by Gasteiger charge is -2.26. The molecule has 0 aromatic heterocycles. The Labute approximate surface area is 174 Å². The van der Waals surface area contributed by atoms with E-state index >= 15 is 0 Å². The number of amides is 1. The third-order valence-corrected chi connectivity index (χ3v) is 7.13. The molecule has 3 rings (SSSR count). The number of sulfonamides is 1. The first-order valence-corrected chi connectivity index (χ1v) is 11.0. The van der Waals surface area contributed by atoms with Crippen LogP contribution >= 0.6 is 23.2 Å². The molecule has 1 aliphatic heterocycles. The van der Waals surface area contributed by atoms with E-state index in [2.05, 4.69) is 5.32 Å². The minimum absolute atomic E-state index is 0.144. The molecule has 0 radical (unpaired) electrons. The Hall–Kier alpha value is -1.64. The van der Waals surface area contributed by atoms with E-state index in [9.17, 15) is 13.2 Å². The summed E-state index contributed by atoms with van der Waals surface area (Å²) in [6.07, 6.45) is 0.623. The highest BCUT2D eigenvalue weighted by atomic mass is 35.5. The van der Waals surface area contributed by atoms with E-state index in [1.165, 1.54) is 16.4 Å². The van der Waals surface area contributed by atoms with Crippen LogP contribution in [0.3, 0.4) is 0 Å². The second-order valence-electron chi connectivity index (χ2n) is 6.31. The van der Waals surface area contributed by atoms with Crippen molar-refractivity contribution in [3.63, 3.8) is 0 Å². The van der Waals surface area contributed by atoms with Gasteiger partial charge in [-0.3, -0.25) is 4.79 Å². The Morgan fingerprint density at radius 1 is 1.11 bits per heavy atom. The number of aryl methyl sites for hydroxylation is 1. The van der Waals surface area contributed by atoms with Crippen LogP contribution in [0.25, 0.3) is 0 Å². The molecule has 1 N–H and O–H groups in total. The van der Waals surface area contributed by atoms with Crippen molar-refractivity contribution in [2.45, 2.75) is 17.7 Å². The summed E-state index contributed by atoms with van der Waals surface area (Å²) in [6.45, 7) is 1.39. The topological polar surface area (TPSA) is 75.7 Å². The zero-order valence-corrected chi connectivity index (χ0v) is 17.4. The van der Waals surface area contributed by atoms with Gasteiger partial charge in [0, 0.05) is 25.2 Å². The van der Waals surface area contributed by atoms with Crippen LogP contribution in [-0.2, 0) is 26.0 Å². The van der Waals surface area contributed by atoms with Gasteiger partial charge in [-0.2, -0.15) is 4.31 Å². The van der Waals surface area contributed by atoms with E-state index < -0.39 is 10.0 Å². The molecule has 1 amide bonds. The lowest BCUT2D eigenvalue weighted by molar-refractivity contribution is -0.116. The maximum absolute atomic E-state index is 12.7. The van der Waals surface area contributed by atoms with Crippen LogP contribution in [0.2, 0.25) is 10.0 Å². The van der Waals surface area contributed by atoms with Crippen molar-refractivity contribution < 1.29 is 17.9 Å². The van der Waals surface area contributed by atoms with Crippen molar-refractivity contribution >= 4 is 44.8 Å². The molecule has 0 saturated carbocycles. The highest BCUT2D eigenvalue weighted by Crippen LogP contribution is 2.26. The summed E-state index contributed by atoms with van der Waals surface area (Å²) in [5.74, 6) is -0.239. The minimum Gasteiger partial charge on any atom is -0.379 e. The van der Waals surface area contributed by atoms with Crippen LogP contribution in [0, 0.1) is 0 Å². The molecular formula is C19H20Cl2N2O4S. The number of morpholine rings is 1. The Kier molecular flexibility index (Phi) is 6.95. The van der Waals surface area contributed by atoms with E-state index in [0.29, 0.717) is 48.5 Å². The van der Waals surface area contributed by atoms with Gasteiger partial charge in [0.15, 0.2) is 0 Å². The summed E-state index contributed by atoms with van der Waals surface area (Å²) in [5.41, 5.74) is 1.21.